The first-order chi connectivity index (χ1) is 11.1. The minimum Gasteiger partial charge on any atom is -0.317 e. The van der Waals surface area contributed by atoms with Crippen LogP contribution in [0, 0.1) is 6.92 Å². The van der Waals surface area contributed by atoms with Gasteiger partial charge in [0.05, 0.1) is 29.5 Å². The Balaban J connectivity index is 1.74. The second-order valence-corrected chi connectivity index (χ2v) is 5.76. The first-order valence-electron chi connectivity index (χ1n) is 7.50. The summed E-state index contributed by atoms with van der Waals surface area (Å²) in [4.78, 5) is 30.8. The lowest BCUT2D eigenvalue weighted by Gasteiger charge is -2.16. The maximum atomic E-state index is 12.8. The van der Waals surface area contributed by atoms with E-state index >= 15 is 0 Å². The van der Waals surface area contributed by atoms with Crippen molar-refractivity contribution in [3.05, 3.63) is 60.4 Å². The van der Waals surface area contributed by atoms with Gasteiger partial charge in [-0.3, -0.25) is 9.59 Å². The van der Waals surface area contributed by atoms with Gasteiger partial charge in [-0.25, -0.2) is 9.88 Å². The van der Waals surface area contributed by atoms with Gasteiger partial charge < -0.3 is 4.57 Å². The van der Waals surface area contributed by atoms with Gasteiger partial charge in [-0.15, -0.1) is 0 Å². The van der Waals surface area contributed by atoms with Crippen molar-refractivity contribution < 1.29 is 9.59 Å². The number of nitrogens with zero attached hydrogens (tertiary/aromatic N) is 3. The maximum Gasteiger partial charge on any atom is 0.257 e. The number of benzene rings is 2. The quantitative estimate of drug-likeness (QED) is 0.684. The molecule has 0 spiro atoms. The first-order valence-corrected chi connectivity index (χ1v) is 7.50. The molecule has 1 fully saturated rings. The largest absolute Gasteiger partial charge is 0.317 e. The molecule has 5 heteroatoms. The van der Waals surface area contributed by atoms with Gasteiger partial charge >= 0.3 is 0 Å². The van der Waals surface area contributed by atoms with Crippen molar-refractivity contribution in [2.75, 3.05) is 4.90 Å². The first kappa shape index (κ1) is 13.7. The number of amides is 2. The van der Waals surface area contributed by atoms with Gasteiger partial charge in [-0.05, 0) is 31.2 Å². The fourth-order valence-electron chi connectivity index (χ4n) is 3.02. The minimum atomic E-state index is -0.531. The third-order valence-corrected chi connectivity index (χ3v) is 4.23. The lowest BCUT2D eigenvalue weighted by molar-refractivity contribution is -0.122. The summed E-state index contributed by atoms with van der Waals surface area (Å²) in [5, 5.41) is 0. The number of imidazole rings is 1. The van der Waals surface area contributed by atoms with E-state index in [0.29, 0.717) is 5.69 Å². The van der Waals surface area contributed by atoms with E-state index in [1.165, 1.54) is 4.90 Å². The van der Waals surface area contributed by atoms with Crippen molar-refractivity contribution in [1.82, 2.24) is 9.55 Å². The van der Waals surface area contributed by atoms with Crippen LogP contribution in [-0.2, 0) is 9.59 Å². The van der Waals surface area contributed by atoms with Crippen molar-refractivity contribution in [1.29, 1.82) is 0 Å². The molecule has 1 saturated heterocycles. The van der Waals surface area contributed by atoms with E-state index in [0.717, 1.165) is 16.6 Å². The van der Waals surface area contributed by atoms with Gasteiger partial charge in [0.2, 0.25) is 5.91 Å². The Hall–Kier alpha value is -2.95. The average Bonchev–Trinajstić information content (AvgIpc) is 3.10. The van der Waals surface area contributed by atoms with E-state index in [1.807, 2.05) is 43.3 Å². The minimum absolute atomic E-state index is 0.160. The Morgan fingerprint density at radius 1 is 1.04 bits per heavy atom. The Bertz CT molecular complexity index is 911. The second-order valence-electron chi connectivity index (χ2n) is 5.76. The fourth-order valence-corrected chi connectivity index (χ4v) is 3.02. The van der Waals surface area contributed by atoms with E-state index in [2.05, 4.69) is 4.98 Å². The van der Waals surface area contributed by atoms with Crippen LogP contribution in [0.1, 0.15) is 18.0 Å². The third-order valence-electron chi connectivity index (χ3n) is 4.23. The Kier molecular flexibility index (Phi) is 3.01. The molecule has 0 aliphatic carbocycles. The molecule has 1 unspecified atom stereocenters. The molecule has 2 amide bonds. The summed E-state index contributed by atoms with van der Waals surface area (Å²) >= 11 is 0. The number of fused-ring (bicyclic) bond motifs is 1. The molecule has 0 saturated carbocycles. The molecule has 1 aliphatic rings. The molecule has 1 aromatic heterocycles. The molecule has 0 N–H and O–H groups in total. The molecule has 3 aromatic rings. The summed E-state index contributed by atoms with van der Waals surface area (Å²) in [6.07, 6.45) is 1.80. The number of carbonyl (C=O) groups is 2. The normalized spacial score (nSPS) is 18.1. The summed E-state index contributed by atoms with van der Waals surface area (Å²) < 4.78 is 1.80. The molecule has 0 radical (unpaired) electrons. The average molecular weight is 305 g/mol. The zero-order chi connectivity index (χ0) is 16.0. The van der Waals surface area contributed by atoms with Gasteiger partial charge in [0, 0.05) is 0 Å². The van der Waals surface area contributed by atoms with Gasteiger partial charge in [-0.1, -0.05) is 29.8 Å². The Labute approximate surface area is 133 Å². The third kappa shape index (κ3) is 2.12. The van der Waals surface area contributed by atoms with Gasteiger partial charge in [0.1, 0.15) is 6.04 Å². The highest BCUT2D eigenvalue weighted by Gasteiger charge is 2.41. The number of hydrogen-bond donors (Lipinski definition) is 0. The molecule has 23 heavy (non-hydrogen) atoms. The van der Waals surface area contributed by atoms with Crippen LogP contribution >= 0.6 is 0 Å². The number of aromatic nitrogens is 2. The van der Waals surface area contributed by atoms with E-state index in [9.17, 15) is 9.59 Å². The fraction of sp³-hybridized carbons (Fsp3) is 0.167. The van der Waals surface area contributed by atoms with Gasteiger partial charge in [0.15, 0.2) is 0 Å². The number of hydrogen-bond acceptors (Lipinski definition) is 3. The lowest BCUT2D eigenvalue weighted by atomic mass is 10.2. The van der Waals surface area contributed by atoms with Crippen LogP contribution in [0.4, 0.5) is 5.69 Å². The monoisotopic (exact) mass is 305 g/mol. The highest BCUT2D eigenvalue weighted by Crippen LogP contribution is 2.31. The van der Waals surface area contributed by atoms with Crippen LogP contribution < -0.4 is 4.90 Å². The zero-order valence-electron chi connectivity index (χ0n) is 12.6. The highest BCUT2D eigenvalue weighted by molar-refractivity contribution is 6.21. The standard InChI is InChI=1S/C18H15N3O2/c1-12-6-8-13(9-7-12)21-17(22)10-16(18(21)23)20-11-19-14-4-2-3-5-15(14)20/h2-9,11,16H,10H2,1H3. The highest BCUT2D eigenvalue weighted by atomic mass is 16.2. The summed E-state index contributed by atoms with van der Waals surface area (Å²) in [5.74, 6) is -0.386. The molecule has 1 atom stereocenters. The smallest absolute Gasteiger partial charge is 0.257 e. The number of imide groups is 1. The topological polar surface area (TPSA) is 55.2 Å². The number of para-hydroxylation sites is 2. The summed E-state index contributed by atoms with van der Waals surface area (Å²) in [5.41, 5.74) is 3.40. The van der Waals surface area contributed by atoms with Crippen molar-refractivity contribution in [2.24, 2.45) is 0 Å². The van der Waals surface area contributed by atoms with Crippen molar-refractivity contribution in [2.45, 2.75) is 19.4 Å². The predicted octanol–water partition coefficient (Wildman–Crippen LogP) is 2.85. The molecule has 1 aliphatic heterocycles. The second kappa shape index (κ2) is 5.05. The molecular weight excluding hydrogens is 290 g/mol. The maximum absolute atomic E-state index is 12.8. The zero-order valence-corrected chi connectivity index (χ0v) is 12.6. The number of anilines is 1. The van der Waals surface area contributed by atoms with Crippen molar-refractivity contribution in [3.8, 4) is 0 Å². The van der Waals surface area contributed by atoms with E-state index in [1.54, 1.807) is 23.0 Å². The summed E-state index contributed by atoms with van der Waals surface area (Å²) in [6, 6.07) is 14.5. The lowest BCUT2D eigenvalue weighted by Crippen LogP contribution is -2.31. The van der Waals surface area contributed by atoms with Crippen LogP contribution in [-0.4, -0.2) is 21.4 Å². The van der Waals surface area contributed by atoms with Crippen molar-refractivity contribution in [3.63, 3.8) is 0 Å². The summed E-state index contributed by atoms with van der Waals surface area (Å²) in [7, 11) is 0. The Morgan fingerprint density at radius 2 is 1.78 bits per heavy atom. The molecule has 5 nitrogen and oxygen atoms in total. The molecule has 2 heterocycles. The van der Waals surface area contributed by atoms with Gasteiger partial charge in [0.25, 0.3) is 5.91 Å². The van der Waals surface area contributed by atoms with Crippen LogP contribution in [0.3, 0.4) is 0 Å². The van der Waals surface area contributed by atoms with Crippen LogP contribution in [0.2, 0.25) is 0 Å². The van der Waals surface area contributed by atoms with Crippen molar-refractivity contribution >= 4 is 28.5 Å². The van der Waals surface area contributed by atoms with Crippen LogP contribution in [0.5, 0.6) is 0 Å². The number of carbonyl (C=O) groups excluding carboxylic acids is 2. The van der Waals surface area contributed by atoms with E-state index in [4.69, 9.17) is 0 Å². The molecule has 0 bridgehead atoms. The van der Waals surface area contributed by atoms with E-state index < -0.39 is 6.04 Å². The number of aryl methyl sites for hydroxylation is 1. The summed E-state index contributed by atoms with van der Waals surface area (Å²) in [6.45, 7) is 1.97. The number of rotatable bonds is 2. The predicted molar refractivity (Wildman–Crippen MR) is 87.1 cm³/mol. The Morgan fingerprint density at radius 3 is 2.57 bits per heavy atom. The van der Waals surface area contributed by atoms with Crippen LogP contribution in [0.15, 0.2) is 54.9 Å². The van der Waals surface area contributed by atoms with E-state index in [-0.39, 0.29) is 18.2 Å². The molecular formula is C18H15N3O2. The molecule has 2 aromatic carbocycles. The SMILES string of the molecule is Cc1ccc(N2C(=O)CC(n3cnc4ccccc43)C2=O)cc1. The van der Waals surface area contributed by atoms with Gasteiger partial charge in [-0.2, -0.15) is 0 Å². The van der Waals surface area contributed by atoms with Crippen LogP contribution in [0.25, 0.3) is 11.0 Å². The molecule has 114 valence electrons. The molecule has 4 rings (SSSR count).